The first-order valence-corrected chi connectivity index (χ1v) is 11.0. The maximum absolute atomic E-state index is 6.42. The second-order valence-electron chi connectivity index (χ2n) is 10.3. The van der Waals surface area contributed by atoms with Crippen LogP contribution in [-0.2, 0) is 15.7 Å². The smallest absolute Gasteiger partial charge is 0.399 e. The number of hydrogen-bond acceptors (Lipinski definition) is 2. The summed E-state index contributed by atoms with van der Waals surface area (Å²) >= 11 is 0. The number of hydrogen-bond donors (Lipinski definition) is 0. The lowest BCUT2D eigenvalue weighted by Crippen LogP contribution is -2.41. The molecule has 3 aromatic rings. The molecule has 1 saturated heterocycles. The molecule has 0 saturated carbocycles. The lowest BCUT2D eigenvalue weighted by atomic mass is 9.71. The topological polar surface area (TPSA) is 18.5 Å². The van der Waals surface area contributed by atoms with E-state index in [4.69, 9.17) is 9.31 Å². The first-order chi connectivity index (χ1) is 13.6. The second kappa shape index (κ2) is 6.09. The van der Waals surface area contributed by atoms with Gasteiger partial charge in [0.2, 0.25) is 0 Å². The fourth-order valence-corrected chi connectivity index (χ4v) is 5.16. The van der Waals surface area contributed by atoms with Crippen molar-refractivity contribution in [3.63, 3.8) is 0 Å². The fourth-order valence-electron chi connectivity index (χ4n) is 5.16. The van der Waals surface area contributed by atoms with Crippen LogP contribution in [0.4, 0.5) is 0 Å². The minimum Gasteiger partial charge on any atom is -0.399 e. The van der Waals surface area contributed by atoms with Gasteiger partial charge in [0.15, 0.2) is 0 Å². The van der Waals surface area contributed by atoms with Crippen molar-refractivity contribution in [1.82, 2.24) is 0 Å². The maximum atomic E-state index is 6.42. The Bertz CT molecular complexity index is 1130. The standard InChI is InChI=1S/C26H31BO2/c1-15(2)18-10-8-17-9-11-20-22(27-28-25(4,5)26(6,7)29-27)13-12-19-16(3)14-21(18)23(17)24(19)20/h8-13,15-16H,14H2,1-7H3. The Kier molecular flexibility index (Phi) is 4.02. The summed E-state index contributed by atoms with van der Waals surface area (Å²) < 4.78 is 12.8. The molecule has 0 spiro atoms. The molecule has 1 aliphatic heterocycles. The van der Waals surface area contributed by atoms with Gasteiger partial charge >= 0.3 is 7.12 Å². The molecular formula is C26H31BO2. The summed E-state index contributed by atoms with van der Waals surface area (Å²) in [7, 11) is -0.333. The molecule has 29 heavy (non-hydrogen) atoms. The molecule has 150 valence electrons. The molecule has 1 heterocycles. The number of rotatable bonds is 2. The highest BCUT2D eigenvalue weighted by Gasteiger charge is 2.52. The molecule has 5 rings (SSSR count). The first-order valence-electron chi connectivity index (χ1n) is 11.0. The SMILES string of the molecule is CC(C)c1ccc2ccc3c(B4OC(C)(C)C(C)(C)O4)ccc4c3c2c1CC4C. The Hall–Kier alpha value is -1.84. The van der Waals surface area contributed by atoms with E-state index >= 15 is 0 Å². The molecule has 0 aromatic heterocycles. The molecule has 1 atom stereocenters. The first kappa shape index (κ1) is 19.1. The quantitative estimate of drug-likeness (QED) is 0.393. The largest absolute Gasteiger partial charge is 0.495 e. The third-order valence-corrected chi connectivity index (χ3v) is 7.54. The minimum absolute atomic E-state index is 0.333. The summed E-state index contributed by atoms with van der Waals surface area (Å²) in [5, 5.41) is 5.48. The van der Waals surface area contributed by atoms with Gasteiger partial charge in [-0.1, -0.05) is 57.2 Å². The molecule has 0 N–H and O–H groups in total. The normalized spacial score (nSPS) is 22.3. The molecule has 2 nitrogen and oxygen atoms in total. The summed E-state index contributed by atoms with van der Waals surface area (Å²) in [5.41, 5.74) is 4.97. The summed E-state index contributed by atoms with van der Waals surface area (Å²) in [4.78, 5) is 0. The van der Waals surface area contributed by atoms with Crippen LogP contribution < -0.4 is 5.46 Å². The minimum atomic E-state index is -0.333. The van der Waals surface area contributed by atoms with Crippen LogP contribution in [-0.4, -0.2) is 18.3 Å². The van der Waals surface area contributed by atoms with Crippen LogP contribution >= 0.6 is 0 Å². The van der Waals surface area contributed by atoms with Crippen molar-refractivity contribution in [2.24, 2.45) is 0 Å². The summed E-state index contributed by atoms with van der Waals surface area (Å²) in [6.07, 6.45) is 1.12. The maximum Gasteiger partial charge on any atom is 0.495 e. The van der Waals surface area contributed by atoms with Gasteiger partial charge in [-0.25, -0.2) is 0 Å². The van der Waals surface area contributed by atoms with Crippen molar-refractivity contribution in [2.75, 3.05) is 0 Å². The van der Waals surface area contributed by atoms with Crippen LogP contribution in [0.3, 0.4) is 0 Å². The Morgan fingerprint density at radius 3 is 2.21 bits per heavy atom. The van der Waals surface area contributed by atoms with Crippen LogP contribution in [0, 0.1) is 0 Å². The molecule has 1 aliphatic carbocycles. The fraction of sp³-hybridized carbons (Fsp3) is 0.462. The molecule has 1 unspecified atom stereocenters. The van der Waals surface area contributed by atoms with Crippen LogP contribution in [0.2, 0.25) is 0 Å². The summed E-state index contributed by atoms with van der Waals surface area (Å²) in [5.74, 6) is 1.05. The Morgan fingerprint density at radius 2 is 1.55 bits per heavy atom. The van der Waals surface area contributed by atoms with E-state index in [1.54, 1.807) is 0 Å². The molecule has 0 amide bonds. The monoisotopic (exact) mass is 386 g/mol. The molecule has 2 aliphatic rings. The van der Waals surface area contributed by atoms with Crippen LogP contribution in [0.25, 0.3) is 21.5 Å². The van der Waals surface area contributed by atoms with Gasteiger partial charge in [0.05, 0.1) is 11.2 Å². The Morgan fingerprint density at radius 1 is 0.897 bits per heavy atom. The third-order valence-electron chi connectivity index (χ3n) is 7.54. The molecular weight excluding hydrogens is 355 g/mol. The van der Waals surface area contributed by atoms with Crippen LogP contribution in [0.1, 0.15) is 77.0 Å². The predicted molar refractivity (Wildman–Crippen MR) is 123 cm³/mol. The van der Waals surface area contributed by atoms with Crippen LogP contribution in [0.5, 0.6) is 0 Å². The van der Waals surface area contributed by atoms with Crippen molar-refractivity contribution < 1.29 is 9.31 Å². The van der Waals surface area contributed by atoms with Crippen LogP contribution in [0.15, 0.2) is 36.4 Å². The molecule has 1 fully saturated rings. The van der Waals surface area contributed by atoms with E-state index in [2.05, 4.69) is 84.9 Å². The third kappa shape index (κ3) is 2.63. The highest BCUT2D eigenvalue weighted by atomic mass is 16.7. The highest BCUT2D eigenvalue weighted by Crippen LogP contribution is 2.44. The van der Waals surface area contributed by atoms with Gasteiger partial charge in [0, 0.05) is 0 Å². The second-order valence-corrected chi connectivity index (χ2v) is 10.3. The van der Waals surface area contributed by atoms with Crippen molar-refractivity contribution in [3.05, 3.63) is 53.1 Å². The average molecular weight is 386 g/mol. The van der Waals surface area contributed by atoms with Gasteiger partial charge in [-0.2, -0.15) is 0 Å². The van der Waals surface area contributed by atoms with E-state index in [0.29, 0.717) is 11.8 Å². The van der Waals surface area contributed by atoms with Gasteiger partial charge in [-0.3, -0.25) is 0 Å². The molecule has 0 bridgehead atoms. The van der Waals surface area contributed by atoms with E-state index < -0.39 is 0 Å². The Labute approximate surface area is 174 Å². The zero-order valence-corrected chi connectivity index (χ0v) is 18.7. The summed E-state index contributed by atoms with van der Waals surface area (Å²) in [6, 6.07) is 13.7. The Balaban J connectivity index is 1.81. The number of benzene rings is 3. The van der Waals surface area contributed by atoms with E-state index in [0.717, 1.165) is 11.9 Å². The summed E-state index contributed by atoms with van der Waals surface area (Å²) in [6.45, 7) is 15.5. The lowest BCUT2D eigenvalue weighted by Gasteiger charge is -2.32. The predicted octanol–water partition coefficient (Wildman–Crippen LogP) is 6.08. The van der Waals surface area contributed by atoms with E-state index in [1.807, 2.05) is 0 Å². The molecule has 3 aromatic carbocycles. The lowest BCUT2D eigenvalue weighted by molar-refractivity contribution is 0.00578. The van der Waals surface area contributed by atoms with E-state index in [9.17, 15) is 0 Å². The molecule has 0 radical (unpaired) electrons. The van der Waals surface area contributed by atoms with Gasteiger partial charge in [-0.05, 0) is 89.6 Å². The average Bonchev–Trinajstić information content (AvgIpc) is 2.87. The van der Waals surface area contributed by atoms with E-state index in [1.165, 1.54) is 38.2 Å². The zero-order valence-electron chi connectivity index (χ0n) is 18.7. The highest BCUT2D eigenvalue weighted by molar-refractivity contribution is 6.65. The van der Waals surface area contributed by atoms with Crippen molar-refractivity contribution in [1.29, 1.82) is 0 Å². The van der Waals surface area contributed by atoms with Crippen molar-refractivity contribution in [2.45, 2.75) is 77.9 Å². The molecule has 3 heteroatoms. The van der Waals surface area contributed by atoms with Gasteiger partial charge < -0.3 is 9.31 Å². The van der Waals surface area contributed by atoms with Crippen molar-refractivity contribution >= 4 is 34.1 Å². The van der Waals surface area contributed by atoms with E-state index in [-0.39, 0.29) is 18.3 Å². The zero-order chi connectivity index (χ0) is 20.7. The van der Waals surface area contributed by atoms with Crippen molar-refractivity contribution in [3.8, 4) is 0 Å². The van der Waals surface area contributed by atoms with Gasteiger partial charge in [0.25, 0.3) is 0 Å². The van der Waals surface area contributed by atoms with Gasteiger partial charge in [-0.15, -0.1) is 0 Å². The van der Waals surface area contributed by atoms with Gasteiger partial charge in [0.1, 0.15) is 0 Å².